The molecule has 0 fully saturated rings. The van der Waals surface area contributed by atoms with Crippen molar-refractivity contribution < 1.29 is 9.21 Å². The van der Waals surface area contributed by atoms with Crippen molar-refractivity contribution in [1.29, 1.82) is 0 Å². The van der Waals surface area contributed by atoms with E-state index in [2.05, 4.69) is 29.4 Å². The molecule has 148 valence electrons. The number of furan rings is 1. The molecular formula is C20H23ClN4O2S. The van der Waals surface area contributed by atoms with Gasteiger partial charge in [0.05, 0.1) is 18.6 Å². The summed E-state index contributed by atoms with van der Waals surface area (Å²) in [6.07, 6.45) is 3.47. The largest absolute Gasteiger partial charge is 0.467 e. The van der Waals surface area contributed by atoms with E-state index in [4.69, 9.17) is 16.0 Å². The minimum Gasteiger partial charge on any atom is -0.467 e. The van der Waals surface area contributed by atoms with Crippen LogP contribution >= 0.6 is 23.4 Å². The van der Waals surface area contributed by atoms with E-state index in [1.807, 2.05) is 41.0 Å². The molecule has 0 aliphatic heterocycles. The van der Waals surface area contributed by atoms with Crippen molar-refractivity contribution >= 4 is 29.3 Å². The van der Waals surface area contributed by atoms with E-state index in [1.165, 1.54) is 11.8 Å². The summed E-state index contributed by atoms with van der Waals surface area (Å²) in [6.45, 7) is 4.62. The maximum Gasteiger partial charge on any atom is 0.230 e. The number of aromatic nitrogens is 3. The molecule has 2 aromatic heterocycles. The number of thioether (sulfide) groups is 1. The molecule has 0 spiro atoms. The Morgan fingerprint density at radius 2 is 1.96 bits per heavy atom. The van der Waals surface area contributed by atoms with E-state index in [0.29, 0.717) is 22.5 Å². The summed E-state index contributed by atoms with van der Waals surface area (Å²) >= 11 is 7.37. The van der Waals surface area contributed by atoms with Crippen molar-refractivity contribution in [2.45, 2.75) is 44.4 Å². The fraction of sp³-hybridized carbons (Fsp3) is 0.350. The van der Waals surface area contributed by atoms with Crippen LogP contribution in [-0.2, 0) is 11.3 Å². The number of hydrogen-bond acceptors (Lipinski definition) is 5. The third-order valence-corrected chi connectivity index (χ3v) is 5.62. The Hall–Kier alpha value is -2.25. The third kappa shape index (κ3) is 5.17. The zero-order chi connectivity index (χ0) is 19.9. The van der Waals surface area contributed by atoms with Gasteiger partial charge in [0.15, 0.2) is 11.0 Å². The fourth-order valence-electron chi connectivity index (χ4n) is 2.80. The van der Waals surface area contributed by atoms with Gasteiger partial charge in [-0.15, -0.1) is 10.2 Å². The maximum atomic E-state index is 12.3. The van der Waals surface area contributed by atoms with Gasteiger partial charge in [0, 0.05) is 16.6 Å². The lowest BCUT2D eigenvalue weighted by atomic mass is 10.2. The molecule has 1 aromatic carbocycles. The number of benzene rings is 1. The molecule has 0 bridgehead atoms. The Kier molecular flexibility index (Phi) is 7.17. The normalized spacial score (nSPS) is 11.1. The molecule has 3 rings (SSSR count). The predicted molar refractivity (Wildman–Crippen MR) is 112 cm³/mol. The van der Waals surface area contributed by atoms with Gasteiger partial charge in [0.1, 0.15) is 5.76 Å². The highest BCUT2D eigenvalue weighted by Crippen LogP contribution is 2.26. The Balaban J connectivity index is 1.80. The predicted octanol–water partition coefficient (Wildman–Crippen LogP) is 4.64. The number of rotatable bonds is 9. The smallest absolute Gasteiger partial charge is 0.230 e. The van der Waals surface area contributed by atoms with E-state index in [9.17, 15) is 4.79 Å². The van der Waals surface area contributed by atoms with Crippen LogP contribution in [0.3, 0.4) is 0 Å². The number of hydrogen-bond donors (Lipinski definition) is 1. The summed E-state index contributed by atoms with van der Waals surface area (Å²) < 4.78 is 7.45. The molecule has 3 aromatic rings. The SMILES string of the molecule is CCC(CC)NC(=O)CSc1nnc(-c2ccc(Cl)cc2)n1Cc1ccco1. The van der Waals surface area contributed by atoms with Gasteiger partial charge in [-0.05, 0) is 49.2 Å². The topological polar surface area (TPSA) is 73.0 Å². The van der Waals surface area contributed by atoms with Gasteiger partial charge < -0.3 is 9.73 Å². The number of carbonyl (C=O) groups excluding carboxylic acids is 1. The van der Waals surface area contributed by atoms with Gasteiger partial charge >= 0.3 is 0 Å². The van der Waals surface area contributed by atoms with Crippen LogP contribution < -0.4 is 5.32 Å². The molecule has 2 heterocycles. The van der Waals surface area contributed by atoms with Crippen molar-refractivity contribution in [3.05, 3.63) is 53.4 Å². The standard InChI is InChI=1S/C20H23ClN4O2S/c1-3-16(4-2)22-18(26)13-28-20-24-23-19(14-7-9-15(21)10-8-14)25(20)12-17-6-5-11-27-17/h5-11,16H,3-4,12-13H2,1-2H3,(H,22,26). The van der Waals surface area contributed by atoms with Crippen LogP contribution in [-0.4, -0.2) is 32.5 Å². The molecule has 8 heteroatoms. The number of carbonyl (C=O) groups is 1. The molecule has 0 saturated heterocycles. The summed E-state index contributed by atoms with van der Waals surface area (Å²) in [7, 11) is 0. The number of amides is 1. The van der Waals surface area contributed by atoms with Crippen molar-refractivity contribution in [3.8, 4) is 11.4 Å². The highest BCUT2D eigenvalue weighted by molar-refractivity contribution is 7.99. The molecule has 0 atom stereocenters. The zero-order valence-electron chi connectivity index (χ0n) is 15.9. The Labute approximate surface area is 173 Å². The minimum atomic E-state index is -0.000656. The molecule has 0 radical (unpaired) electrons. The summed E-state index contributed by atoms with van der Waals surface area (Å²) in [5.41, 5.74) is 0.900. The van der Waals surface area contributed by atoms with E-state index in [1.54, 1.807) is 6.26 Å². The van der Waals surface area contributed by atoms with E-state index >= 15 is 0 Å². The van der Waals surface area contributed by atoms with Crippen LogP contribution in [0, 0.1) is 0 Å². The Morgan fingerprint density at radius 3 is 2.61 bits per heavy atom. The molecule has 0 unspecified atom stereocenters. The van der Waals surface area contributed by atoms with Crippen LogP contribution in [0.25, 0.3) is 11.4 Å². The van der Waals surface area contributed by atoms with Gasteiger partial charge in [0.25, 0.3) is 0 Å². The Morgan fingerprint density at radius 1 is 1.21 bits per heavy atom. The van der Waals surface area contributed by atoms with E-state index < -0.39 is 0 Å². The molecule has 28 heavy (non-hydrogen) atoms. The Bertz CT molecular complexity index is 890. The van der Waals surface area contributed by atoms with Gasteiger partial charge in [0.2, 0.25) is 5.91 Å². The molecular weight excluding hydrogens is 396 g/mol. The van der Waals surface area contributed by atoms with Crippen LogP contribution in [0.2, 0.25) is 5.02 Å². The molecule has 1 amide bonds. The second-order valence-corrected chi connectivity index (χ2v) is 7.73. The third-order valence-electron chi connectivity index (χ3n) is 4.40. The lowest BCUT2D eigenvalue weighted by Gasteiger charge is -2.14. The first-order valence-corrected chi connectivity index (χ1v) is 10.6. The molecule has 6 nitrogen and oxygen atoms in total. The summed E-state index contributed by atoms with van der Waals surface area (Å²) in [5, 5.41) is 13.0. The number of nitrogens with zero attached hydrogens (tertiary/aromatic N) is 3. The lowest BCUT2D eigenvalue weighted by molar-refractivity contribution is -0.119. The minimum absolute atomic E-state index is 0.000656. The summed E-state index contributed by atoms with van der Waals surface area (Å²) in [6, 6.07) is 11.4. The monoisotopic (exact) mass is 418 g/mol. The second kappa shape index (κ2) is 9.80. The average Bonchev–Trinajstić information content (AvgIpc) is 3.36. The highest BCUT2D eigenvalue weighted by Gasteiger charge is 2.17. The van der Waals surface area contributed by atoms with Gasteiger partial charge in [-0.25, -0.2) is 0 Å². The highest BCUT2D eigenvalue weighted by atomic mass is 35.5. The quantitative estimate of drug-likeness (QED) is 0.512. The van der Waals surface area contributed by atoms with Crippen molar-refractivity contribution in [2.24, 2.45) is 0 Å². The van der Waals surface area contributed by atoms with Gasteiger partial charge in [-0.3, -0.25) is 9.36 Å². The zero-order valence-corrected chi connectivity index (χ0v) is 17.5. The molecule has 0 aliphatic rings. The first-order valence-electron chi connectivity index (χ1n) is 9.24. The van der Waals surface area contributed by atoms with Crippen molar-refractivity contribution in [3.63, 3.8) is 0 Å². The van der Waals surface area contributed by atoms with E-state index in [0.717, 1.165) is 24.2 Å². The average molecular weight is 419 g/mol. The molecule has 0 saturated carbocycles. The van der Waals surface area contributed by atoms with Crippen LogP contribution in [0.1, 0.15) is 32.4 Å². The molecule has 0 aliphatic carbocycles. The van der Waals surface area contributed by atoms with Crippen molar-refractivity contribution in [2.75, 3.05) is 5.75 Å². The second-order valence-electron chi connectivity index (χ2n) is 6.35. The fourth-order valence-corrected chi connectivity index (χ4v) is 3.68. The molecule has 1 N–H and O–H groups in total. The lowest BCUT2D eigenvalue weighted by Crippen LogP contribution is -2.35. The first-order chi connectivity index (χ1) is 13.6. The van der Waals surface area contributed by atoms with Gasteiger partial charge in [-0.2, -0.15) is 0 Å². The summed E-state index contributed by atoms with van der Waals surface area (Å²) in [5.74, 6) is 1.78. The van der Waals surface area contributed by atoms with Crippen LogP contribution in [0.5, 0.6) is 0 Å². The van der Waals surface area contributed by atoms with Gasteiger partial charge in [-0.1, -0.05) is 37.2 Å². The number of nitrogens with one attached hydrogen (secondary N) is 1. The maximum absolute atomic E-state index is 12.3. The van der Waals surface area contributed by atoms with Crippen LogP contribution in [0.4, 0.5) is 0 Å². The van der Waals surface area contributed by atoms with Crippen molar-refractivity contribution in [1.82, 2.24) is 20.1 Å². The van der Waals surface area contributed by atoms with Crippen LogP contribution in [0.15, 0.2) is 52.2 Å². The first kappa shape index (κ1) is 20.5. The number of halogens is 1. The van der Waals surface area contributed by atoms with E-state index in [-0.39, 0.29) is 17.7 Å². The summed E-state index contributed by atoms with van der Waals surface area (Å²) in [4.78, 5) is 12.3.